The number of amides is 3. The number of likely N-dealkylation sites (N-methyl/N-ethyl adjacent to an activating group) is 1. The molecule has 0 aromatic heterocycles. The third-order valence-corrected chi connectivity index (χ3v) is 9.84. The maximum absolute atomic E-state index is 14.6. The molecule has 5 N–H and O–H groups in total. The van der Waals surface area contributed by atoms with Crippen molar-refractivity contribution in [1.82, 2.24) is 20.1 Å². The summed E-state index contributed by atoms with van der Waals surface area (Å²) < 4.78 is 0. The van der Waals surface area contributed by atoms with Crippen molar-refractivity contribution in [2.75, 3.05) is 27.2 Å². The van der Waals surface area contributed by atoms with Gasteiger partial charge in [-0.1, -0.05) is 97.1 Å². The van der Waals surface area contributed by atoms with Gasteiger partial charge in [-0.15, -0.1) is 0 Å². The van der Waals surface area contributed by atoms with E-state index in [0.717, 1.165) is 58.6 Å². The number of rotatable bonds is 14. The van der Waals surface area contributed by atoms with Crippen LogP contribution in [0.5, 0.6) is 0 Å². The molecule has 0 aliphatic carbocycles. The molecular weight excluding hydrogens is 624 g/mol. The second-order valence-corrected chi connectivity index (χ2v) is 13.4. The summed E-state index contributed by atoms with van der Waals surface area (Å²) >= 11 is 0. The number of nitrogens with two attached hydrogens (primary N) is 2. The number of hydrogen-bond acceptors (Lipinski definition) is 6. The lowest BCUT2D eigenvalue weighted by Crippen LogP contribution is -2.60. The third kappa shape index (κ3) is 9.24. The maximum Gasteiger partial charge on any atom is 0.260 e. The number of nitrogens with one attached hydrogen (secondary N) is 1. The molecule has 4 atom stereocenters. The van der Waals surface area contributed by atoms with Crippen molar-refractivity contribution in [3.8, 4) is 11.1 Å². The molecule has 262 valence electrons. The number of carbonyl (C=O) groups excluding carboxylic acids is 3. The Labute approximate surface area is 296 Å². The van der Waals surface area contributed by atoms with Gasteiger partial charge < -0.3 is 20.9 Å². The molecule has 1 saturated heterocycles. The summed E-state index contributed by atoms with van der Waals surface area (Å²) in [7, 11) is 3.72. The summed E-state index contributed by atoms with van der Waals surface area (Å²) in [5.41, 5.74) is 11.2. The summed E-state index contributed by atoms with van der Waals surface area (Å²) in [4.78, 5) is 46.1. The molecule has 50 heavy (non-hydrogen) atoms. The smallest absolute Gasteiger partial charge is 0.260 e. The zero-order chi connectivity index (χ0) is 35.6. The van der Waals surface area contributed by atoms with Crippen LogP contribution in [0.2, 0.25) is 0 Å². The predicted molar refractivity (Wildman–Crippen MR) is 199 cm³/mol. The lowest BCUT2D eigenvalue weighted by Gasteiger charge is -2.34. The lowest BCUT2D eigenvalue weighted by molar-refractivity contribution is -0.144. The van der Waals surface area contributed by atoms with Crippen molar-refractivity contribution in [2.45, 2.75) is 63.2 Å². The minimum absolute atomic E-state index is 0.199. The maximum atomic E-state index is 14.6. The number of nitrogens with zero attached hydrogens (tertiary/aromatic N) is 3. The Bertz CT molecular complexity index is 1710. The van der Waals surface area contributed by atoms with Crippen LogP contribution in [-0.4, -0.2) is 77.8 Å². The van der Waals surface area contributed by atoms with E-state index in [1.165, 1.54) is 4.90 Å². The minimum Gasteiger partial charge on any atom is -0.354 e. The number of benzene rings is 4. The van der Waals surface area contributed by atoms with Gasteiger partial charge >= 0.3 is 0 Å². The first-order chi connectivity index (χ1) is 24.1. The zero-order valence-corrected chi connectivity index (χ0v) is 29.4. The first kappa shape index (κ1) is 36.5. The van der Waals surface area contributed by atoms with Gasteiger partial charge in [-0.2, -0.15) is 0 Å². The van der Waals surface area contributed by atoms with Gasteiger partial charge in [-0.3, -0.25) is 19.4 Å². The molecule has 5 rings (SSSR count). The number of hydrazine groups is 1. The summed E-state index contributed by atoms with van der Waals surface area (Å²) in [6.45, 7) is 3.39. The largest absolute Gasteiger partial charge is 0.354 e. The van der Waals surface area contributed by atoms with E-state index < -0.39 is 18.0 Å². The molecule has 0 radical (unpaired) electrons. The quantitative estimate of drug-likeness (QED) is 0.0986. The van der Waals surface area contributed by atoms with E-state index in [1.807, 2.05) is 97.9 Å². The summed E-state index contributed by atoms with van der Waals surface area (Å²) in [5, 5.41) is 4.10. The van der Waals surface area contributed by atoms with E-state index in [0.29, 0.717) is 18.2 Å². The molecule has 1 heterocycles. The topological polar surface area (TPSA) is 125 Å². The summed E-state index contributed by atoms with van der Waals surface area (Å²) in [6.07, 6.45) is 3.49. The molecule has 0 bridgehead atoms. The van der Waals surface area contributed by atoms with Crippen molar-refractivity contribution in [1.29, 1.82) is 0 Å². The van der Waals surface area contributed by atoms with Crippen molar-refractivity contribution in [3.63, 3.8) is 0 Å². The van der Waals surface area contributed by atoms with Gasteiger partial charge in [0.2, 0.25) is 5.91 Å². The van der Waals surface area contributed by atoms with Crippen LogP contribution in [0, 0.1) is 0 Å². The highest BCUT2D eigenvalue weighted by molar-refractivity contribution is 5.98. The fraction of sp³-hybridized carbons (Fsp3) is 0.341. The Balaban J connectivity index is 1.42. The first-order valence-corrected chi connectivity index (χ1v) is 17.5. The van der Waals surface area contributed by atoms with Crippen LogP contribution in [0.3, 0.4) is 0 Å². The molecule has 3 unspecified atom stereocenters. The van der Waals surface area contributed by atoms with Gasteiger partial charge in [0.05, 0.1) is 0 Å². The molecule has 4 aromatic carbocycles. The summed E-state index contributed by atoms with van der Waals surface area (Å²) in [6, 6.07) is 32.8. The molecule has 1 fully saturated rings. The third-order valence-electron chi connectivity index (χ3n) is 9.84. The van der Waals surface area contributed by atoms with E-state index in [4.69, 9.17) is 11.6 Å². The average molecular weight is 675 g/mol. The van der Waals surface area contributed by atoms with Gasteiger partial charge in [0.25, 0.3) is 11.8 Å². The van der Waals surface area contributed by atoms with Gasteiger partial charge in [-0.25, -0.2) is 5.84 Å². The molecule has 1 aliphatic heterocycles. The summed E-state index contributed by atoms with van der Waals surface area (Å²) in [5.74, 6) is 5.49. The van der Waals surface area contributed by atoms with E-state index in [2.05, 4.69) is 17.3 Å². The molecular formula is C41H50N6O3. The van der Waals surface area contributed by atoms with Crippen molar-refractivity contribution < 1.29 is 14.4 Å². The van der Waals surface area contributed by atoms with Crippen LogP contribution in [0.1, 0.15) is 59.3 Å². The normalized spacial score (nSPS) is 16.3. The second kappa shape index (κ2) is 17.2. The highest BCUT2D eigenvalue weighted by atomic mass is 16.2. The van der Waals surface area contributed by atoms with Crippen molar-refractivity contribution in [2.24, 2.45) is 11.6 Å². The fourth-order valence-electron chi connectivity index (χ4n) is 6.68. The molecule has 0 spiro atoms. The van der Waals surface area contributed by atoms with E-state index in [-0.39, 0.29) is 30.7 Å². The van der Waals surface area contributed by atoms with Gasteiger partial charge in [0, 0.05) is 44.1 Å². The van der Waals surface area contributed by atoms with Crippen LogP contribution in [-0.2, 0) is 22.4 Å². The molecule has 1 aliphatic rings. The van der Waals surface area contributed by atoms with Crippen LogP contribution < -0.4 is 16.9 Å². The Morgan fingerprint density at radius 3 is 2.10 bits per heavy atom. The standard InChI is InChI=1S/C41H50N6O3/c1-29(42)34-16-10-17-35(28-34)40(49)46(3)38(27-31-19-21-33(22-20-31)32-14-8-5-9-15-32)41(50)47(43)37(26-30-12-6-4-7-13-30)39(48)44-24-23-36-18-11-25-45(36)2/h4-10,12-17,19-22,28-29,36-38H,11,18,23-27,42-43H2,1-3H3,(H,44,48)/t29?,36?,37?,38-/m1/s1. The minimum atomic E-state index is -0.993. The average Bonchev–Trinajstić information content (AvgIpc) is 3.56. The Hall–Kier alpha value is -4.83. The Kier molecular flexibility index (Phi) is 12.5. The molecule has 0 saturated carbocycles. The van der Waals surface area contributed by atoms with Crippen LogP contribution in [0.25, 0.3) is 11.1 Å². The van der Waals surface area contributed by atoms with Crippen LogP contribution >= 0.6 is 0 Å². The molecule has 3 amide bonds. The first-order valence-electron chi connectivity index (χ1n) is 17.5. The Morgan fingerprint density at radius 2 is 1.46 bits per heavy atom. The molecule has 9 nitrogen and oxygen atoms in total. The van der Waals surface area contributed by atoms with Gasteiger partial charge in [0.1, 0.15) is 12.1 Å². The van der Waals surface area contributed by atoms with Crippen LogP contribution in [0.15, 0.2) is 109 Å². The lowest BCUT2D eigenvalue weighted by atomic mass is 9.98. The van der Waals surface area contributed by atoms with Gasteiger partial charge in [0.15, 0.2) is 0 Å². The molecule has 9 heteroatoms. The number of carbonyl (C=O) groups is 3. The highest BCUT2D eigenvalue weighted by Gasteiger charge is 2.36. The second-order valence-electron chi connectivity index (χ2n) is 13.4. The van der Waals surface area contributed by atoms with Crippen molar-refractivity contribution in [3.05, 3.63) is 131 Å². The SMILES string of the molecule is CC(N)c1cccc(C(=O)N(C)[C@H](Cc2ccc(-c3ccccc3)cc2)C(=O)N(N)C(Cc2ccccc2)C(=O)NCCC2CCCN2C)c1. The van der Waals surface area contributed by atoms with E-state index >= 15 is 0 Å². The molecule has 4 aromatic rings. The van der Waals surface area contributed by atoms with Crippen molar-refractivity contribution >= 4 is 17.7 Å². The monoisotopic (exact) mass is 674 g/mol. The van der Waals surface area contributed by atoms with Gasteiger partial charge in [-0.05, 0) is 79.7 Å². The number of hydrogen-bond donors (Lipinski definition) is 3. The van der Waals surface area contributed by atoms with E-state index in [9.17, 15) is 14.4 Å². The predicted octanol–water partition coefficient (Wildman–Crippen LogP) is 4.97. The highest BCUT2D eigenvalue weighted by Crippen LogP contribution is 2.23. The fourth-order valence-corrected chi connectivity index (χ4v) is 6.68. The number of likely N-dealkylation sites (tertiary alicyclic amines) is 1. The zero-order valence-electron chi connectivity index (χ0n) is 29.4. The van der Waals surface area contributed by atoms with Crippen LogP contribution in [0.4, 0.5) is 0 Å². The van der Waals surface area contributed by atoms with E-state index in [1.54, 1.807) is 25.2 Å². The Morgan fingerprint density at radius 1 is 0.840 bits per heavy atom.